The van der Waals surface area contributed by atoms with E-state index in [0.29, 0.717) is 18.7 Å². The summed E-state index contributed by atoms with van der Waals surface area (Å²) < 4.78 is 20.3. The Hall–Kier alpha value is -3.19. The third-order valence-corrected chi connectivity index (χ3v) is 6.91. The van der Waals surface area contributed by atoms with Gasteiger partial charge in [0.1, 0.15) is 17.6 Å². The highest BCUT2D eigenvalue weighted by Gasteiger charge is 2.30. The molecule has 3 aromatic rings. The number of aryl methyl sites for hydroxylation is 2. The molecule has 184 valence electrons. The molecule has 5 nitrogen and oxygen atoms in total. The van der Waals surface area contributed by atoms with E-state index in [1.54, 1.807) is 12.1 Å². The van der Waals surface area contributed by atoms with Crippen molar-refractivity contribution in [2.24, 2.45) is 0 Å². The van der Waals surface area contributed by atoms with Crippen molar-refractivity contribution < 1.29 is 18.7 Å². The fourth-order valence-electron chi connectivity index (χ4n) is 3.85. The van der Waals surface area contributed by atoms with Crippen LogP contribution in [0, 0.1) is 19.7 Å². The summed E-state index contributed by atoms with van der Waals surface area (Å²) >= 11 is 3.54. The zero-order chi connectivity index (χ0) is 25.4. The Balaban J connectivity index is 1.89. The molecule has 0 aliphatic heterocycles. The Kier molecular flexibility index (Phi) is 9.43. The van der Waals surface area contributed by atoms with E-state index in [9.17, 15) is 14.0 Å². The molecule has 0 heterocycles. The van der Waals surface area contributed by atoms with Crippen LogP contribution >= 0.6 is 15.9 Å². The molecular formula is C28H30BrFN2O3. The maximum absolute atomic E-state index is 13.5. The second-order valence-corrected chi connectivity index (χ2v) is 9.20. The summed E-state index contributed by atoms with van der Waals surface area (Å²) in [5.41, 5.74) is 3.65. The van der Waals surface area contributed by atoms with E-state index in [1.807, 2.05) is 63.2 Å². The molecule has 0 saturated carbocycles. The third-order valence-electron chi connectivity index (χ3n) is 5.66. The van der Waals surface area contributed by atoms with Crippen LogP contribution < -0.4 is 10.1 Å². The van der Waals surface area contributed by atoms with Gasteiger partial charge in [-0.1, -0.05) is 58.4 Å². The molecule has 1 atom stereocenters. The summed E-state index contributed by atoms with van der Waals surface area (Å²) in [7, 11) is 0. The van der Waals surface area contributed by atoms with Crippen LogP contribution in [-0.4, -0.2) is 35.9 Å². The van der Waals surface area contributed by atoms with E-state index >= 15 is 0 Å². The molecule has 0 aliphatic carbocycles. The van der Waals surface area contributed by atoms with Gasteiger partial charge in [-0.15, -0.1) is 0 Å². The molecule has 3 rings (SSSR count). The van der Waals surface area contributed by atoms with Crippen LogP contribution in [0.4, 0.5) is 4.39 Å². The molecule has 0 radical (unpaired) electrons. The summed E-state index contributed by atoms with van der Waals surface area (Å²) in [5.74, 6) is -0.363. The molecule has 0 saturated heterocycles. The fraction of sp³-hybridized carbons (Fsp3) is 0.286. The van der Waals surface area contributed by atoms with Gasteiger partial charge in [0, 0.05) is 24.0 Å². The van der Waals surface area contributed by atoms with Crippen LogP contribution in [0.5, 0.6) is 5.75 Å². The standard InChI is InChI=1S/C28H30BrFN2O3/c1-4-31-28(34)25(16-21-8-6-5-7-9-21)32(17-22-10-12-23(30)13-11-22)26(33)18-35-24-14-19(2)27(29)20(3)15-24/h5-15,25H,4,16-18H2,1-3H3,(H,31,34)/t25-/m1/s1. The van der Waals surface area contributed by atoms with Crippen LogP contribution in [0.15, 0.2) is 71.2 Å². The van der Waals surface area contributed by atoms with Gasteiger partial charge in [0.15, 0.2) is 6.61 Å². The van der Waals surface area contributed by atoms with Crippen LogP contribution in [0.25, 0.3) is 0 Å². The minimum absolute atomic E-state index is 0.148. The number of hydrogen-bond acceptors (Lipinski definition) is 3. The second-order valence-electron chi connectivity index (χ2n) is 8.41. The molecule has 3 aromatic carbocycles. The molecule has 35 heavy (non-hydrogen) atoms. The normalized spacial score (nSPS) is 11.6. The van der Waals surface area contributed by atoms with Crippen molar-refractivity contribution in [3.63, 3.8) is 0 Å². The number of amides is 2. The topological polar surface area (TPSA) is 58.6 Å². The Morgan fingerprint density at radius 1 is 1.00 bits per heavy atom. The summed E-state index contributed by atoms with van der Waals surface area (Å²) in [5, 5.41) is 2.85. The lowest BCUT2D eigenvalue weighted by Gasteiger charge is -2.31. The van der Waals surface area contributed by atoms with E-state index < -0.39 is 6.04 Å². The molecule has 0 aliphatic rings. The number of likely N-dealkylation sites (N-methyl/N-ethyl adjacent to an activating group) is 1. The molecular weight excluding hydrogens is 511 g/mol. The van der Waals surface area contributed by atoms with Gasteiger partial charge in [0.05, 0.1) is 0 Å². The number of carbonyl (C=O) groups excluding carboxylic acids is 2. The van der Waals surface area contributed by atoms with Gasteiger partial charge >= 0.3 is 0 Å². The Bertz CT molecular complexity index is 1130. The summed E-state index contributed by atoms with van der Waals surface area (Å²) in [6, 6.07) is 18.5. The first-order chi connectivity index (χ1) is 16.8. The van der Waals surface area contributed by atoms with Gasteiger partial charge in [-0.2, -0.15) is 0 Å². The predicted octanol–water partition coefficient (Wildman–Crippen LogP) is 5.36. The number of halogens is 2. The SMILES string of the molecule is CCNC(=O)[C@@H](Cc1ccccc1)N(Cc1ccc(F)cc1)C(=O)COc1cc(C)c(Br)c(C)c1. The molecule has 1 N–H and O–H groups in total. The maximum atomic E-state index is 13.5. The van der Waals surface area contributed by atoms with E-state index in [0.717, 1.165) is 26.7 Å². The lowest BCUT2D eigenvalue weighted by atomic mass is 10.0. The second kappa shape index (κ2) is 12.5. The fourth-order valence-corrected chi connectivity index (χ4v) is 4.08. The van der Waals surface area contributed by atoms with E-state index in [4.69, 9.17) is 4.74 Å². The number of nitrogens with zero attached hydrogens (tertiary/aromatic N) is 1. The van der Waals surface area contributed by atoms with Crippen LogP contribution in [-0.2, 0) is 22.6 Å². The van der Waals surface area contributed by atoms with Crippen LogP contribution in [0.3, 0.4) is 0 Å². The molecule has 0 unspecified atom stereocenters. The van der Waals surface area contributed by atoms with Crippen molar-refractivity contribution in [3.05, 3.63) is 99.3 Å². The average Bonchev–Trinajstić information content (AvgIpc) is 2.85. The summed E-state index contributed by atoms with van der Waals surface area (Å²) in [6.07, 6.45) is 0.343. The summed E-state index contributed by atoms with van der Waals surface area (Å²) in [4.78, 5) is 28.1. The Labute approximate surface area is 214 Å². The molecule has 7 heteroatoms. The first-order valence-corrected chi connectivity index (χ1v) is 12.3. The van der Waals surface area contributed by atoms with E-state index in [-0.39, 0.29) is 30.8 Å². The predicted molar refractivity (Wildman–Crippen MR) is 139 cm³/mol. The van der Waals surface area contributed by atoms with Crippen molar-refractivity contribution in [2.45, 2.75) is 39.8 Å². The van der Waals surface area contributed by atoms with Crippen LogP contribution in [0.2, 0.25) is 0 Å². The van der Waals surface area contributed by atoms with Gasteiger partial charge in [0.2, 0.25) is 5.91 Å². The number of benzene rings is 3. The maximum Gasteiger partial charge on any atom is 0.261 e. The van der Waals surface area contributed by atoms with Gasteiger partial charge in [0.25, 0.3) is 5.91 Å². The smallest absolute Gasteiger partial charge is 0.261 e. The van der Waals surface area contributed by atoms with Gasteiger partial charge in [-0.3, -0.25) is 9.59 Å². The number of rotatable bonds is 10. The van der Waals surface area contributed by atoms with Gasteiger partial charge in [-0.25, -0.2) is 4.39 Å². The number of carbonyl (C=O) groups is 2. The lowest BCUT2D eigenvalue weighted by Crippen LogP contribution is -2.51. The molecule has 0 bridgehead atoms. The average molecular weight is 541 g/mol. The van der Waals surface area contributed by atoms with Crippen LogP contribution in [0.1, 0.15) is 29.2 Å². The molecule has 0 aromatic heterocycles. The number of hydrogen-bond donors (Lipinski definition) is 1. The largest absolute Gasteiger partial charge is 0.484 e. The quantitative estimate of drug-likeness (QED) is 0.376. The number of ether oxygens (including phenoxy) is 1. The van der Waals surface area contributed by atoms with Gasteiger partial charge < -0.3 is 15.0 Å². The minimum Gasteiger partial charge on any atom is -0.484 e. The highest BCUT2D eigenvalue weighted by atomic mass is 79.9. The minimum atomic E-state index is -0.758. The zero-order valence-corrected chi connectivity index (χ0v) is 21.8. The first-order valence-electron chi connectivity index (χ1n) is 11.5. The van der Waals surface area contributed by atoms with Crippen molar-refractivity contribution in [1.29, 1.82) is 0 Å². The van der Waals surface area contributed by atoms with Crippen molar-refractivity contribution in [1.82, 2.24) is 10.2 Å². The lowest BCUT2D eigenvalue weighted by molar-refractivity contribution is -0.142. The van der Waals surface area contributed by atoms with E-state index in [2.05, 4.69) is 21.2 Å². The third kappa shape index (κ3) is 7.39. The molecule has 0 fully saturated rings. The van der Waals surface area contributed by atoms with Crippen molar-refractivity contribution in [3.8, 4) is 5.75 Å². The highest BCUT2D eigenvalue weighted by Crippen LogP contribution is 2.26. The Morgan fingerprint density at radius 3 is 2.23 bits per heavy atom. The zero-order valence-electron chi connectivity index (χ0n) is 20.2. The monoisotopic (exact) mass is 540 g/mol. The molecule has 2 amide bonds. The summed E-state index contributed by atoms with van der Waals surface area (Å²) in [6.45, 7) is 6.11. The van der Waals surface area contributed by atoms with Gasteiger partial charge in [-0.05, 0) is 67.3 Å². The first kappa shape index (κ1) is 26.4. The highest BCUT2D eigenvalue weighted by molar-refractivity contribution is 9.10. The number of nitrogens with one attached hydrogen (secondary N) is 1. The van der Waals surface area contributed by atoms with E-state index in [1.165, 1.54) is 17.0 Å². The van der Waals surface area contributed by atoms with Crippen molar-refractivity contribution in [2.75, 3.05) is 13.2 Å². The molecule has 0 spiro atoms. The Morgan fingerprint density at radius 2 is 1.63 bits per heavy atom. The van der Waals surface area contributed by atoms with Crippen molar-refractivity contribution >= 4 is 27.7 Å².